The molecule has 136 valence electrons. The minimum atomic E-state index is -0.415. The Morgan fingerprint density at radius 3 is 2.78 bits per heavy atom. The van der Waals surface area contributed by atoms with E-state index in [1.807, 2.05) is 12.1 Å². The molecular formula is C19H13ClN2O4S. The third-order valence-electron chi connectivity index (χ3n) is 3.82. The van der Waals surface area contributed by atoms with Crippen molar-refractivity contribution in [2.75, 3.05) is 13.4 Å². The second-order valence-electron chi connectivity index (χ2n) is 5.60. The molecule has 0 N–H and O–H groups in total. The van der Waals surface area contributed by atoms with E-state index in [0.717, 1.165) is 10.2 Å². The standard InChI is InChI=1S/C19H13ClN2O4S/c1-2-7-22-14-8-15-16(26-11-25-15)9-17(14)27-19(22)21-18(23)10-24-13-5-3-12(20)4-6-13/h1,3-6,8-9H,7,10-11H2. The first-order valence-electron chi connectivity index (χ1n) is 7.96. The Morgan fingerprint density at radius 2 is 2.04 bits per heavy atom. The van der Waals surface area contributed by atoms with Crippen LogP contribution < -0.4 is 19.0 Å². The van der Waals surface area contributed by atoms with Crippen LogP contribution in [0.15, 0.2) is 41.4 Å². The van der Waals surface area contributed by atoms with Gasteiger partial charge >= 0.3 is 0 Å². The molecule has 1 aromatic heterocycles. The zero-order valence-electron chi connectivity index (χ0n) is 14.0. The summed E-state index contributed by atoms with van der Waals surface area (Å²) in [4.78, 5) is 16.9. The highest BCUT2D eigenvalue weighted by molar-refractivity contribution is 7.16. The molecule has 0 atom stereocenters. The van der Waals surface area contributed by atoms with Gasteiger partial charge in [0.1, 0.15) is 5.75 Å². The summed E-state index contributed by atoms with van der Waals surface area (Å²) in [5, 5.41) is 0.596. The van der Waals surface area contributed by atoms with E-state index in [2.05, 4.69) is 10.9 Å². The van der Waals surface area contributed by atoms with Gasteiger partial charge in [-0.3, -0.25) is 4.79 Å². The molecule has 0 saturated heterocycles. The third-order valence-corrected chi connectivity index (χ3v) is 5.12. The summed E-state index contributed by atoms with van der Waals surface area (Å²) >= 11 is 7.18. The number of carbonyl (C=O) groups excluding carboxylic acids is 1. The van der Waals surface area contributed by atoms with Crippen molar-refractivity contribution in [2.24, 2.45) is 4.99 Å². The fraction of sp³-hybridized carbons (Fsp3) is 0.158. The van der Waals surface area contributed by atoms with E-state index in [1.54, 1.807) is 28.8 Å². The average Bonchev–Trinajstić information content (AvgIpc) is 3.24. The summed E-state index contributed by atoms with van der Waals surface area (Å²) in [7, 11) is 0. The molecule has 0 spiro atoms. The Bertz CT molecular complexity index is 1130. The van der Waals surface area contributed by atoms with Gasteiger partial charge in [0.15, 0.2) is 22.9 Å². The van der Waals surface area contributed by atoms with Gasteiger partial charge in [-0.2, -0.15) is 4.99 Å². The Kier molecular flexibility index (Phi) is 4.75. The van der Waals surface area contributed by atoms with Crippen LogP contribution in [-0.4, -0.2) is 23.9 Å². The van der Waals surface area contributed by atoms with Crippen molar-refractivity contribution in [1.82, 2.24) is 4.57 Å². The molecule has 2 heterocycles. The van der Waals surface area contributed by atoms with Crippen LogP contribution in [0.1, 0.15) is 0 Å². The van der Waals surface area contributed by atoms with E-state index < -0.39 is 5.91 Å². The lowest BCUT2D eigenvalue weighted by atomic mass is 10.3. The predicted molar refractivity (Wildman–Crippen MR) is 102 cm³/mol. The average molecular weight is 401 g/mol. The number of carbonyl (C=O) groups is 1. The highest BCUT2D eigenvalue weighted by Gasteiger charge is 2.17. The number of amides is 1. The molecule has 0 aliphatic carbocycles. The van der Waals surface area contributed by atoms with Crippen LogP contribution in [0, 0.1) is 12.3 Å². The van der Waals surface area contributed by atoms with Gasteiger partial charge in [0.2, 0.25) is 6.79 Å². The molecule has 3 aromatic rings. The number of hydrogen-bond donors (Lipinski definition) is 0. The van der Waals surface area contributed by atoms with Crippen molar-refractivity contribution in [3.05, 3.63) is 46.2 Å². The fourth-order valence-electron chi connectivity index (χ4n) is 2.60. The number of halogens is 1. The molecule has 1 amide bonds. The van der Waals surface area contributed by atoms with Crippen molar-refractivity contribution in [1.29, 1.82) is 0 Å². The summed E-state index contributed by atoms with van der Waals surface area (Å²) in [6.45, 7) is 0.290. The fourth-order valence-corrected chi connectivity index (χ4v) is 3.79. The van der Waals surface area contributed by atoms with Gasteiger partial charge in [-0.1, -0.05) is 28.9 Å². The Morgan fingerprint density at radius 1 is 1.30 bits per heavy atom. The largest absolute Gasteiger partial charge is 0.484 e. The maximum atomic E-state index is 12.3. The van der Waals surface area contributed by atoms with Crippen LogP contribution in [0.2, 0.25) is 5.02 Å². The molecule has 4 rings (SSSR count). The minimum Gasteiger partial charge on any atom is -0.484 e. The first-order chi connectivity index (χ1) is 13.1. The summed E-state index contributed by atoms with van der Waals surface area (Å²) in [5.41, 5.74) is 0.840. The van der Waals surface area contributed by atoms with Crippen molar-refractivity contribution >= 4 is 39.1 Å². The summed E-state index contributed by atoms with van der Waals surface area (Å²) in [6.07, 6.45) is 5.49. The Balaban J connectivity index is 1.63. The SMILES string of the molecule is C#CCn1c(=NC(=O)COc2ccc(Cl)cc2)sc2cc3c(cc21)OCO3. The van der Waals surface area contributed by atoms with Crippen molar-refractivity contribution in [3.63, 3.8) is 0 Å². The molecule has 0 fully saturated rings. The first kappa shape index (κ1) is 17.5. The van der Waals surface area contributed by atoms with Crippen LogP contribution in [0.25, 0.3) is 10.2 Å². The van der Waals surface area contributed by atoms with Gasteiger partial charge in [0, 0.05) is 17.2 Å². The topological polar surface area (TPSA) is 62.1 Å². The molecule has 27 heavy (non-hydrogen) atoms. The number of fused-ring (bicyclic) bond motifs is 2. The molecule has 1 aliphatic heterocycles. The number of aromatic nitrogens is 1. The Labute approximate surface area is 163 Å². The van der Waals surface area contributed by atoms with E-state index in [4.69, 9.17) is 32.2 Å². The van der Waals surface area contributed by atoms with E-state index in [9.17, 15) is 4.79 Å². The highest BCUT2D eigenvalue weighted by atomic mass is 35.5. The Hall–Kier alpha value is -2.95. The van der Waals surface area contributed by atoms with E-state index in [-0.39, 0.29) is 19.9 Å². The van der Waals surface area contributed by atoms with Gasteiger partial charge in [-0.15, -0.1) is 6.42 Å². The minimum absolute atomic E-state index is 0.186. The molecule has 0 radical (unpaired) electrons. The van der Waals surface area contributed by atoms with Crippen molar-refractivity contribution in [3.8, 4) is 29.6 Å². The quantitative estimate of drug-likeness (QED) is 0.631. The van der Waals surface area contributed by atoms with Crippen LogP contribution in [0.3, 0.4) is 0 Å². The highest BCUT2D eigenvalue weighted by Crippen LogP contribution is 2.36. The zero-order chi connectivity index (χ0) is 18.8. The molecular weight excluding hydrogens is 388 g/mol. The number of hydrogen-bond acceptors (Lipinski definition) is 5. The first-order valence-corrected chi connectivity index (χ1v) is 9.16. The molecule has 8 heteroatoms. The van der Waals surface area contributed by atoms with Crippen molar-refractivity contribution < 1.29 is 19.0 Å². The number of nitrogens with zero attached hydrogens (tertiary/aromatic N) is 2. The molecule has 1 aliphatic rings. The van der Waals surface area contributed by atoms with Gasteiger partial charge in [0.25, 0.3) is 5.91 Å². The number of ether oxygens (including phenoxy) is 3. The van der Waals surface area contributed by atoms with Crippen molar-refractivity contribution in [2.45, 2.75) is 6.54 Å². The number of thiazole rings is 1. The monoisotopic (exact) mass is 400 g/mol. The van der Waals surface area contributed by atoms with Crippen LogP contribution in [-0.2, 0) is 11.3 Å². The van der Waals surface area contributed by atoms with Crippen LogP contribution in [0.4, 0.5) is 0 Å². The molecule has 6 nitrogen and oxygen atoms in total. The van der Waals surface area contributed by atoms with Gasteiger partial charge in [-0.25, -0.2) is 0 Å². The summed E-state index contributed by atoms with van der Waals surface area (Å²) in [6, 6.07) is 10.5. The third kappa shape index (κ3) is 3.63. The normalized spacial score (nSPS) is 13.0. The van der Waals surface area contributed by atoms with E-state index >= 15 is 0 Å². The number of benzene rings is 2. The van der Waals surface area contributed by atoms with Gasteiger partial charge < -0.3 is 18.8 Å². The lowest BCUT2D eigenvalue weighted by molar-refractivity contribution is -0.120. The van der Waals surface area contributed by atoms with Gasteiger partial charge in [0.05, 0.1) is 16.8 Å². The smallest absolute Gasteiger partial charge is 0.286 e. The van der Waals surface area contributed by atoms with E-state index in [0.29, 0.717) is 27.1 Å². The second kappa shape index (κ2) is 7.35. The molecule has 0 unspecified atom stereocenters. The maximum Gasteiger partial charge on any atom is 0.286 e. The summed E-state index contributed by atoms with van der Waals surface area (Å²) in [5.74, 6) is 4.03. The second-order valence-corrected chi connectivity index (χ2v) is 7.04. The lowest BCUT2D eigenvalue weighted by Gasteiger charge is -2.03. The van der Waals surface area contributed by atoms with Crippen LogP contribution >= 0.6 is 22.9 Å². The molecule has 0 saturated carbocycles. The van der Waals surface area contributed by atoms with Gasteiger partial charge in [-0.05, 0) is 24.3 Å². The zero-order valence-corrected chi connectivity index (χ0v) is 15.5. The lowest BCUT2D eigenvalue weighted by Crippen LogP contribution is -2.19. The number of terminal acetylenes is 1. The molecule has 2 aromatic carbocycles. The summed E-state index contributed by atoms with van der Waals surface area (Å²) < 4.78 is 19.0. The maximum absolute atomic E-state index is 12.3. The van der Waals surface area contributed by atoms with Crippen LogP contribution in [0.5, 0.6) is 17.2 Å². The number of rotatable bonds is 4. The predicted octanol–water partition coefficient (Wildman–Crippen LogP) is 3.22. The van der Waals surface area contributed by atoms with E-state index in [1.165, 1.54) is 11.3 Å². The molecule has 0 bridgehead atoms.